The van der Waals surface area contributed by atoms with Gasteiger partial charge in [-0.2, -0.15) is 5.10 Å². The van der Waals surface area contributed by atoms with E-state index in [2.05, 4.69) is 15.4 Å². The van der Waals surface area contributed by atoms with Crippen LogP contribution >= 0.6 is 11.6 Å². The van der Waals surface area contributed by atoms with Gasteiger partial charge in [0.1, 0.15) is 6.04 Å². The predicted molar refractivity (Wildman–Crippen MR) is 69.6 cm³/mol. The number of nitrogens with zero attached hydrogens (tertiary/aromatic N) is 3. The molecule has 0 bridgehead atoms. The lowest BCUT2D eigenvalue weighted by atomic mass is 10.2. The van der Waals surface area contributed by atoms with Crippen LogP contribution in [0.5, 0.6) is 0 Å². The zero-order valence-corrected chi connectivity index (χ0v) is 10.8. The normalized spacial score (nSPS) is 12.2. The number of carbonyl (C=O) groups excluding carboxylic acids is 1. The molecule has 0 saturated heterocycles. The maximum atomic E-state index is 12.1. The molecule has 18 heavy (non-hydrogen) atoms. The number of carbonyl (C=O) groups is 1. The summed E-state index contributed by atoms with van der Waals surface area (Å²) in [5.74, 6) is -0.184. The van der Waals surface area contributed by atoms with Crippen molar-refractivity contribution in [2.45, 2.75) is 19.9 Å². The molecule has 2 aromatic rings. The van der Waals surface area contributed by atoms with Gasteiger partial charge in [-0.1, -0.05) is 11.6 Å². The molecule has 1 N–H and O–H groups in total. The molecule has 0 saturated carbocycles. The van der Waals surface area contributed by atoms with E-state index in [1.807, 2.05) is 6.92 Å². The average molecular weight is 265 g/mol. The Hall–Kier alpha value is -1.88. The molecule has 0 aliphatic heterocycles. The summed E-state index contributed by atoms with van der Waals surface area (Å²) in [5, 5.41) is 7.09. The number of nitrogens with one attached hydrogen (secondary N) is 1. The fraction of sp³-hybridized carbons (Fsp3) is 0.250. The standard InChI is InChI=1S/C12H13ClN4O/c1-8-4-6-14-11(13)10(8)16-12(18)9(2)17-7-3-5-15-17/h3-7,9H,1-2H3,(H,16,18). The van der Waals surface area contributed by atoms with Crippen molar-refractivity contribution in [3.8, 4) is 0 Å². The van der Waals surface area contributed by atoms with Crippen molar-refractivity contribution in [3.05, 3.63) is 41.4 Å². The van der Waals surface area contributed by atoms with Crippen molar-refractivity contribution in [3.63, 3.8) is 0 Å². The second-order valence-corrected chi connectivity index (χ2v) is 4.30. The Bertz CT molecular complexity index is 533. The van der Waals surface area contributed by atoms with Crippen LogP contribution in [0.4, 0.5) is 5.69 Å². The molecule has 0 spiro atoms. The van der Waals surface area contributed by atoms with Gasteiger partial charge < -0.3 is 5.32 Å². The topological polar surface area (TPSA) is 59.8 Å². The van der Waals surface area contributed by atoms with Crippen molar-refractivity contribution in [1.29, 1.82) is 0 Å². The first-order chi connectivity index (χ1) is 8.59. The minimum Gasteiger partial charge on any atom is -0.321 e. The van der Waals surface area contributed by atoms with Gasteiger partial charge in [-0.05, 0) is 31.5 Å². The Morgan fingerprint density at radius 2 is 2.28 bits per heavy atom. The summed E-state index contributed by atoms with van der Waals surface area (Å²) >= 11 is 5.95. The van der Waals surface area contributed by atoms with Crippen LogP contribution in [0.25, 0.3) is 0 Å². The van der Waals surface area contributed by atoms with Gasteiger partial charge in [0.2, 0.25) is 5.91 Å². The van der Waals surface area contributed by atoms with E-state index in [1.54, 1.807) is 42.3 Å². The summed E-state index contributed by atoms with van der Waals surface area (Å²) in [6, 6.07) is 3.15. The zero-order valence-electron chi connectivity index (χ0n) is 10.1. The molecular formula is C12H13ClN4O. The van der Waals surface area contributed by atoms with Crippen LogP contribution in [0.15, 0.2) is 30.7 Å². The number of halogens is 1. The van der Waals surface area contributed by atoms with Gasteiger partial charge in [0.15, 0.2) is 5.15 Å². The lowest BCUT2D eigenvalue weighted by Crippen LogP contribution is -2.24. The maximum Gasteiger partial charge on any atom is 0.249 e. The van der Waals surface area contributed by atoms with Gasteiger partial charge in [0, 0.05) is 18.6 Å². The number of aryl methyl sites for hydroxylation is 1. The maximum absolute atomic E-state index is 12.1. The molecule has 0 aliphatic carbocycles. The first-order valence-electron chi connectivity index (χ1n) is 5.50. The van der Waals surface area contributed by atoms with Crippen molar-refractivity contribution in [2.75, 3.05) is 5.32 Å². The number of amides is 1. The fourth-order valence-electron chi connectivity index (χ4n) is 1.53. The first kappa shape index (κ1) is 12.6. The number of rotatable bonds is 3. The van der Waals surface area contributed by atoms with Crippen molar-refractivity contribution >= 4 is 23.2 Å². The smallest absolute Gasteiger partial charge is 0.249 e. The average Bonchev–Trinajstić information content (AvgIpc) is 2.86. The Morgan fingerprint density at radius 1 is 1.50 bits per heavy atom. The van der Waals surface area contributed by atoms with E-state index in [4.69, 9.17) is 11.6 Å². The van der Waals surface area contributed by atoms with E-state index in [1.165, 1.54) is 0 Å². The fourth-order valence-corrected chi connectivity index (χ4v) is 1.79. The summed E-state index contributed by atoms with van der Waals surface area (Å²) < 4.78 is 1.58. The van der Waals surface area contributed by atoms with Gasteiger partial charge in [-0.3, -0.25) is 9.48 Å². The molecular weight excluding hydrogens is 252 g/mol. The number of hydrogen-bond acceptors (Lipinski definition) is 3. The van der Waals surface area contributed by atoms with Crippen LogP contribution in [0.1, 0.15) is 18.5 Å². The Balaban J connectivity index is 2.17. The minimum absolute atomic E-state index is 0.184. The van der Waals surface area contributed by atoms with Gasteiger partial charge in [-0.25, -0.2) is 4.98 Å². The molecule has 6 heteroatoms. The van der Waals surface area contributed by atoms with Crippen LogP contribution in [0.3, 0.4) is 0 Å². The molecule has 0 aromatic carbocycles. The number of pyridine rings is 1. The van der Waals surface area contributed by atoms with Crippen LogP contribution < -0.4 is 5.32 Å². The molecule has 2 heterocycles. The highest BCUT2D eigenvalue weighted by Crippen LogP contribution is 2.23. The molecule has 2 rings (SSSR count). The summed E-state index contributed by atoms with van der Waals surface area (Å²) in [6.07, 6.45) is 4.97. The van der Waals surface area contributed by atoms with E-state index >= 15 is 0 Å². The third-order valence-corrected chi connectivity index (χ3v) is 2.95. The minimum atomic E-state index is -0.407. The number of aromatic nitrogens is 3. The molecule has 2 aromatic heterocycles. The highest BCUT2D eigenvalue weighted by Gasteiger charge is 2.17. The van der Waals surface area contributed by atoms with E-state index in [-0.39, 0.29) is 11.1 Å². The van der Waals surface area contributed by atoms with Crippen LogP contribution in [0, 0.1) is 6.92 Å². The third kappa shape index (κ3) is 2.51. The third-order valence-electron chi connectivity index (χ3n) is 2.66. The van der Waals surface area contributed by atoms with Crippen LogP contribution in [0.2, 0.25) is 5.15 Å². The molecule has 1 amide bonds. The Kier molecular flexibility index (Phi) is 3.62. The quantitative estimate of drug-likeness (QED) is 0.866. The molecule has 5 nitrogen and oxygen atoms in total. The zero-order chi connectivity index (χ0) is 13.1. The SMILES string of the molecule is Cc1ccnc(Cl)c1NC(=O)C(C)n1cccn1. The monoisotopic (exact) mass is 264 g/mol. The highest BCUT2D eigenvalue weighted by molar-refractivity contribution is 6.32. The first-order valence-corrected chi connectivity index (χ1v) is 5.88. The van der Waals surface area contributed by atoms with Crippen molar-refractivity contribution in [1.82, 2.24) is 14.8 Å². The molecule has 94 valence electrons. The summed E-state index contributed by atoms with van der Waals surface area (Å²) in [4.78, 5) is 16.0. The Labute approximate surface area is 110 Å². The van der Waals surface area contributed by atoms with Crippen molar-refractivity contribution in [2.24, 2.45) is 0 Å². The largest absolute Gasteiger partial charge is 0.321 e. The van der Waals surface area contributed by atoms with E-state index < -0.39 is 6.04 Å². The van der Waals surface area contributed by atoms with Crippen molar-refractivity contribution < 1.29 is 4.79 Å². The predicted octanol–water partition coefficient (Wildman–Crippen LogP) is 2.44. The molecule has 1 unspecified atom stereocenters. The lowest BCUT2D eigenvalue weighted by Gasteiger charge is -2.14. The van der Waals surface area contributed by atoms with Crippen LogP contribution in [-0.2, 0) is 4.79 Å². The molecule has 0 aliphatic rings. The molecule has 0 radical (unpaired) electrons. The van der Waals surface area contributed by atoms with E-state index in [9.17, 15) is 4.79 Å². The van der Waals surface area contributed by atoms with Gasteiger partial charge in [-0.15, -0.1) is 0 Å². The molecule has 0 fully saturated rings. The number of anilines is 1. The highest BCUT2D eigenvalue weighted by atomic mass is 35.5. The molecule has 1 atom stereocenters. The Morgan fingerprint density at radius 3 is 2.89 bits per heavy atom. The number of hydrogen-bond donors (Lipinski definition) is 1. The summed E-state index contributed by atoms with van der Waals surface area (Å²) in [7, 11) is 0. The second-order valence-electron chi connectivity index (χ2n) is 3.94. The van der Waals surface area contributed by atoms with Gasteiger partial charge in [0.05, 0.1) is 5.69 Å². The lowest BCUT2D eigenvalue weighted by molar-refractivity contribution is -0.119. The summed E-state index contributed by atoms with van der Waals surface area (Å²) in [5.41, 5.74) is 1.42. The summed E-state index contributed by atoms with van der Waals surface area (Å²) in [6.45, 7) is 3.63. The second kappa shape index (κ2) is 5.18. The van der Waals surface area contributed by atoms with Crippen LogP contribution in [-0.4, -0.2) is 20.7 Å². The van der Waals surface area contributed by atoms with E-state index in [0.29, 0.717) is 5.69 Å². The van der Waals surface area contributed by atoms with E-state index in [0.717, 1.165) is 5.56 Å². The van der Waals surface area contributed by atoms with Gasteiger partial charge >= 0.3 is 0 Å². The van der Waals surface area contributed by atoms with Gasteiger partial charge in [0.25, 0.3) is 0 Å².